The summed E-state index contributed by atoms with van der Waals surface area (Å²) in [4.78, 5) is 0. The van der Waals surface area contributed by atoms with Gasteiger partial charge >= 0.3 is 12.1 Å². The number of nitrogen functional groups attached to an aromatic ring is 1. The molecular weight excluding hydrogens is 235 g/mol. The number of alkyl halides is 5. The van der Waals surface area contributed by atoms with Crippen LogP contribution in [0, 0.1) is 0 Å². The Morgan fingerprint density at radius 2 is 1.75 bits per heavy atom. The molecule has 16 heavy (non-hydrogen) atoms. The lowest BCUT2D eigenvalue weighted by Gasteiger charge is -2.18. The lowest BCUT2D eigenvalue weighted by molar-refractivity contribution is -0.291. The van der Waals surface area contributed by atoms with E-state index in [4.69, 9.17) is 5.73 Å². The van der Waals surface area contributed by atoms with Crippen LogP contribution in [0.15, 0.2) is 6.07 Å². The van der Waals surface area contributed by atoms with Crippen molar-refractivity contribution in [2.45, 2.75) is 12.1 Å². The van der Waals surface area contributed by atoms with Crippen molar-refractivity contribution in [1.29, 1.82) is 0 Å². The molecule has 3 N–H and O–H groups in total. The first-order valence-corrected chi connectivity index (χ1v) is 3.96. The first-order valence-electron chi connectivity index (χ1n) is 3.96. The summed E-state index contributed by atoms with van der Waals surface area (Å²) in [5, 5.41) is 8.28. The molecule has 0 fully saturated rings. The summed E-state index contributed by atoms with van der Waals surface area (Å²) in [5.41, 5.74) is 3.34. The van der Waals surface area contributed by atoms with Crippen molar-refractivity contribution in [1.82, 2.24) is 10.2 Å². The lowest BCUT2D eigenvalue weighted by Crippen LogP contribution is -2.34. The van der Waals surface area contributed by atoms with E-state index in [1.165, 1.54) is 7.05 Å². The van der Waals surface area contributed by atoms with Gasteiger partial charge in [-0.1, -0.05) is 0 Å². The number of hydrogen-bond donors (Lipinski definition) is 2. The zero-order chi connectivity index (χ0) is 12.6. The minimum absolute atomic E-state index is 0.0678. The van der Waals surface area contributed by atoms with Crippen molar-refractivity contribution in [2.24, 2.45) is 0 Å². The van der Waals surface area contributed by atoms with Gasteiger partial charge in [0, 0.05) is 7.05 Å². The molecule has 0 spiro atoms. The van der Waals surface area contributed by atoms with E-state index < -0.39 is 17.8 Å². The summed E-state index contributed by atoms with van der Waals surface area (Å²) < 4.78 is 61.4. The second kappa shape index (κ2) is 3.72. The van der Waals surface area contributed by atoms with Gasteiger partial charge in [-0.3, -0.25) is 0 Å². The van der Waals surface area contributed by atoms with Crippen LogP contribution in [-0.4, -0.2) is 23.4 Å². The third kappa shape index (κ3) is 1.97. The molecule has 90 valence electrons. The Morgan fingerprint density at radius 1 is 1.19 bits per heavy atom. The maximum atomic E-state index is 12.8. The molecule has 0 saturated heterocycles. The van der Waals surface area contributed by atoms with Crippen LogP contribution >= 0.6 is 0 Å². The fourth-order valence-electron chi connectivity index (χ4n) is 0.899. The van der Waals surface area contributed by atoms with Gasteiger partial charge in [0.05, 0.1) is 5.69 Å². The van der Waals surface area contributed by atoms with Crippen LogP contribution in [0.1, 0.15) is 5.69 Å². The standard InChI is InChI=1S/C7H7F5N4/c1-14-5-3(13)2-4(15-16-5)6(8,9)7(10,11)12/h2H,1H3,(H2,13,15)(H,14,16). The highest BCUT2D eigenvalue weighted by Crippen LogP contribution is 2.43. The van der Waals surface area contributed by atoms with Crippen molar-refractivity contribution >= 4 is 11.5 Å². The van der Waals surface area contributed by atoms with E-state index in [1.807, 2.05) is 0 Å². The molecule has 0 aromatic carbocycles. The van der Waals surface area contributed by atoms with Crippen LogP contribution in [0.5, 0.6) is 0 Å². The molecule has 0 atom stereocenters. The molecule has 4 nitrogen and oxygen atoms in total. The number of nitrogens with zero attached hydrogens (tertiary/aromatic N) is 2. The fraction of sp³-hybridized carbons (Fsp3) is 0.429. The zero-order valence-corrected chi connectivity index (χ0v) is 7.94. The molecule has 0 aliphatic rings. The van der Waals surface area contributed by atoms with Crippen LogP contribution in [0.3, 0.4) is 0 Å². The van der Waals surface area contributed by atoms with E-state index in [0.29, 0.717) is 6.07 Å². The zero-order valence-electron chi connectivity index (χ0n) is 7.94. The highest BCUT2D eigenvalue weighted by atomic mass is 19.4. The van der Waals surface area contributed by atoms with Gasteiger partial charge in [0.15, 0.2) is 5.82 Å². The third-order valence-corrected chi connectivity index (χ3v) is 1.74. The average molecular weight is 242 g/mol. The topological polar surface area (TPSA) is 63.8 Å². The molecule has 0 unspecified atom stereocenters. The van der Waals surface area contributed by atoms with Gasteiger partial charge in [-0.25, -0.2) is 0 Å². The molecule has 0 radical (unpaired) electrons. The average Bonchev–Trinajstić information content (AvgIpc) is 2.15. The number of halogens is 5. The predicted molar refractivity (Wildman–Crippen MR) is 45.9 cm³/mol. The molecule has 9 heteroatoms. The monoisotopic (exact) mass is 242 g/mol. The summed E-state index contributed by atoms with van der Waals surface area (Å²) in [6, 6.07) is 0.437. The molecule has 1 rings (SSSR count). The molecule has 1 aromatic heterocycles. The van der Waals surface area contributed by atoms with Crippen molar-refractivity contribution in [3.63, 3.8) is 0 Å². The summed E-state index contributed by atoms with van der Waals surface area (Å²) in [7, 11) is 1.38. The number of rotatable bonds is 2. The lowest BCUT2D eigenvalue weighted by atomic mass is 10.2. The number of nitrogens with two attached hydrogens (primary N) is 1. The molecule has 0 aliphatic carbocycles. The molecule has 0 saturated carbocycles. The van der Waals surface area contributed by atoms with Crippen LogP contribution in [-0.2, 0) is 5.92 Å². The van der Waals surface area contributed by atoms with Gasteiger partial charge in [0.2, 0.25) is 0 Å². The van der Waals surface area contributed by atoms with E-state index in [-0.39, 0.29) is 11.5 Å². The van der Waals surface area contributed by atoms with E-state index in [1.54, 1.807) is 0 Å². The van der Waals surface area contributed by atoms with Crippen molar-refractivity contribution in [3.8, 4) is 0 Å². The van der Waals surface area contributed by atoms with Gasteiger partial charge in [0.25, 0.3) is 0 Å². The molecule has 1 aromatic rings. The Bertz CT molecular complexity index is 389. The molecule has 0 bridgehead atoms. The maximum Gasteiger partial charge on any atom is 0.459 e. The Balaban J connectivity index is 3.20. The largest absolute Gasteiger partial charge is 0.459 e. The third-order valence-electron chi connectivity index (χ3n) is 1.74. The first kappa shape index (κ1) is 12.4. The highest BCUT2D eigenvalue weighted by molar-refractivity contribution is 5.60. The normalized spacial score (nSPS) is 12.6. The number of hydrogen-bond acceptors (Lipinski definition) is 4. The van der Waals surface area contributed by atoms with Crippen LogP contribution in [0.4, 0.5) is 33.5 Å². The van der Waals surface area contributed by atoms with Gasteiger partial charge in [-0.05, 0) is 6.07 Å². The van der Waals surface area contributed by atoms with Crippen molar-refractivity contribution in [3.05, 3.63) is 11.8 Å². The summed E-state index contributed by atoms with van der Waals surface area (Å²) in [6.07, 6.45) is -5.73. The maximum absolute atomic E-state index is 12.8. The molecule has 0 aliphatic heterocycles. The van der Waals surface area contributed by atoms with Crippen LogP contribution in [0.2, 0.25) is 0 Å². The van der Waals surface area contributed by atoms with Gasteiger partial charge in [-0.2, -0.15) is 22.0 Å². The van der Waals surface area contributed by atoms with E-state index in [9.17, 15) is 22.0 Å². The Morgan fingerprint density at radius 3 is 2.12 bits per heavy atom. The molecule has 1 heterocycles. The molecule has 0 amide bonds. The number of nitrogens with one attached hydrogen (secondary N) is 1. The SMILES string of the molecule is CNc1nnc(C(F)(F)C(F)(F)F)cc1N. The van der Waals surface area contributed by atoms with Crippen LogP contribution < -0.4 is 11.1 Å². The number of anilines is 2. The molecular formula is C7H7F5N4. The van der Waals surface area contributed by atoms with E-state index in [0.717, 1.165) is 0 Å². The Hall–Kier alpha value is -1.67. The smallest absolute Gasteiger partial charge is 0.396 e. The van der Waals surface area contributed by atoms with Crippen molar-refractivity contribution < 1.29 is 22.0 Å². The second-order valence-electron chi connectivity index (χ2n) is 2.86. The van der Waals surface area contributed by atoms with Gasteiger partial charge in [0.1, 0.15) is 5.69 Å². The summed E-state index contributed by atoms with van der Waals surface area (Å²) in [6.45, 7) is 0. The quantitative estimate of drug-likeness (QED) is 0.775. The van der Waals surface area contributed by atoms with E-state index >= 15 is 0 Å². The Labute approximate surface area is 86.7 Å². The summed E-state index contributed by atoms with van der Waals surface area (Å²) >= 11 is 0. The fourth-order valence-corrected chi connectivity index (χ4v) is 0.899. The Kier molecular flexibility index (Phi) is 2.89. The number of aromatic nitrogens is 2. The van der Waals surface area contributed by atoms with Gasteiger partial charge < -0.3 is 11.1 Å². The minimum atomic E-state index is -5.73. The van der Waals surface area contributed by atoms with E-state index in [2.05, 4.69) is 15.5 Å². The first-order chi connectivity index (χ1) is 7.20. The predicted octanol–water partition coefficient (Wildman–Crippen LogP) is 1.75. The second-order valence-corrected chi connectivity index (χ2v) is 2.86. The van der Waals surface area contributed by atoms with Crippen LogP contribution in [0.25, 0.3) is 0 Å². The summed E-state index contributed by atoms with van der Waals surface area (Å²) in [5.74, 6) is -5.14. The highest BCUT2D eigenvalue weighted by Gasteiger charge is 2.60. The minimum Gasteiger partial charge on any atom is -0.396 e. The van der Waals surface area contributed by atoms with Crippen molar-refractivity contribution in [2.75, 3.05) is 18.1 Å². The van der Waals surface area contributed by atoms with Gasteiger partial charge in [-0.15, -0.1) is 10.2 Å².